The van der Waals surface area contributed by atoms with Crippen molar-refractivity contribution >= 4 is 17.3 Å². The molecule has 1 aromatic carbocycles. The van der Waals surface area contributed by atoms with E-state index < -0.39 is 10.6 Å². The third kappa shape index (κ3) is 3.21. The Kier molecular flexibility index (Phi) is 4.47. The fourth-order valence-corrected chi connectivity index (χ4v) is 1.89. The van der Waals surface area contributed by atoms with Gasteiger partial charge in [-0.05, 0) is 24.1 Å². The number of nitrogens with zero attached hydrogens (tertiary/aromatic N) is 3. The number of ether oxygens (including phenoxy) is 1. The van der Waals surface area contributed by atoms with Crippen LogP contribution in [-0.2, 0) is 6.42 Å². The third-order valence-corrected chi connectivity index (χ3v) is 2.88. The van der Waals surface area contributed by atoms with Gasteiger partial charge in [0.25, 0.3) is 0 Å². The normalized spacial score (nSPS) is 10.3. The van der Waals surface area contributed by atoms with E-state index >= 15 is 0 Å². The Morgan fingerprint density at radius 2 is 2.00 bits per heavy atom. The maximum atomic E-state index is 10.9. The Morgan fingerprint density at radius 1 is 1.30 bits per heavy atom. The van der Waals surface area contributed by atoms with Gasteiger partial charge in [0, 0.05) is 0 Å². The summed E-state index contributed by atoms with van der Waals surface area (Å²) in [4.78, 5) is 17.6. The van der Waals surface area contributed by atoms with Gasteiger partial charge in [-0.2, -0.15) is 4.98 Å². The molecule has 0 saturated heterocycles. The molecule has 0 aliphatic heterocycles. The average molecular weight is 294 g/mol. The van der Waals surface area contributed by atoms with Crippen molar-refractivity contribution in [1.82, 2.24) is 9.97 Å². The van der Waals surface area contributed by atoms with Crippen LogP contribution < -0.4 is 4.74 Å². The predicted octanol–water partition coefficient (Wildman–Crippen LogP) is 3.78. The van der Waals surface area contributed by atoms with E-state index in [1.54, 1.807) is 12.1 Å². The molecule has 0 radical (unpaired) electrons. The number of rotatable bonds is 5. The van der Waals surface area contributed by atoms with Gasteiger partial charge in [0.2, 0.25) is 5.15 Å². The summed E-state index contributed by atoms with van der Waals surface area (Å²) >= 11 is 5.68. The first-order valence-electron chi connectivity index (χ1n) is 6.03. The fraction of sp³-hybridized carbons (Fsp3) is 0.231. The van der Waals surface area contributed by atoms with Gasteiger partial charge in [-0.25, -0.2) is 4.98 Å². The van der Waals surface area contributed by atoms with E-state index in [0.29, 0.717) is 5.75 Å². The Labute approximate surface area is 120 Å². The van der Waals surface area contributed by atoms with Crippen LogP contribution in [0.4, 0.5) is 5.69 Å². The van der Waals surface area contributed by atoms with Crippen LogP contribution in [0.1, 0.15) is 18.9 Å². The van der Waals surface area contributed by atoms with Crippen LogP contribution in [0.25, 0.3) is 0 Å². The van der Waals surface area contributed by atoms with E-state index in [-0.39, 0.29) is 11.0 Å². The summed E-state index contributed by atoms with van der Waals surface area (Å²) in [7, 11) is 0. The molecule has 0 unspecified atom stereocenters. The number of aryl methyl sites for hydroxylation is 1. The van der Waals surface area contributed by atoms with Gasteiger partial charge in [-0.1, -0.05) is 37.1 Å². The maximum Gasteiger partial charge on any atom is 0.368 e. The highest BCUT2D eigenvalue weighted by molar-refractivity contribution is 6.31. The van der Waals surface area contributed by atoms with Gasteiger partial charge in [-0.15, -0.1) is 0 Å². The highest BCUT2D eigenvalue weighted by atomic mass is 35.5. The summed E-state index contributed by atoms with van der Waals surface area (Å²) in [5, 5.41) is 10.7. The third-order valence-electron chi connectivity index (χ3n) is 2.60. The number of benzene rings is 1. The first-order valence-corrected chi connectivity index (χ1v) is 6.41. The smallest absolute Gasteiger partial charge is 0.368 e. The molecule has 0 amide bonds. The van der Waals surface area contributed by atoms with Crippen molar-refractivity contribution in [3.8, 4) is 11.6 Å². The number of hydrogen-bond donors (Lipinski definition) is 0. The maximum absolute atomic E-state index is 10.9. The van der Waals surface area contributed by atoms with Gasteiger partial charge in [0.15, 0.2) is 0 Å². The molecule has 0 saturated carbocycles. The van der Waals surface area contributed by atoms with Crippen molar-refractivity contribution in [2.45, 2.75) is 19.8 Å². The van der Waals surface area contributed by atoms with Crippen LogP contribution in [0.5, 0.6) is 11.6 Å². The van der Waals surface area contributed by atoms with Crippen molar-refractivity contribution in [2.75, 3.05) is 0 Å². The van der Waals surface area contributed by atoms with Crippen molar-refractivity contribution < 1.29 is 9.66 Å². The van der Waals surface area contributed by atoms with Crippen LogP contribution in [0.2, 0.25) is 5.15 Å². The van der Waals surface area contributed by atoms with E-state index in [9.17, 15) is 10.1 Å². The second-order valence-electron chi connectivity index (χ2n) is 4.07. The molecule has 1 heterocycles. The molecule has 0 atom stereocenters. The molecule has 6 nitrogen and oxygen atoms in total. The zero-order chi connectivity index (χ0) is 14.5. The lowest BCUT2D eigenvalue weighted by Gasteiger charge is -2.06. The minimum atomic E-state index is -0.664. The van der Waals surface area contributed by atoms with Crippen LogP contribution in [0, 0.1) is 10.1 Å². The predicted molar refractivity (Wildman–Crippen MR) is 74.2 cm³/mol. The molecule has 2 aromatic rings. The average Bonchev–Trinajstić information content (AvgIpc) is 2.41. The van der Waals surface area contributed by atoms with E-state index in [0.717, 1.165) is 19.2 Å². The summed E-state index contributed by atoms with van der Waals surface area (Å²) in [6.45, 7) is 2.09. The number of nitro groups is 1. The summed E-state index contributed by atoms with van der Waals surface area (Å²) in [6, 6.07) is 7.30. The van der Waals surface area contributed by atoms with E-state index in [1.165, 1.54) is 5.56 Å². The highest BCUT2D eigenvalue weighted by Gasteiger charge is 2.23. The molecule has 0 aliphatic carbocycles. The summed E-state index contributed by atoms with van der Waals surface area (Å²) < 4.78 is 5.41. The van der Waals surface area contributed by atoms with Crippen LogP contribution in [0.3, 0.4) is 0 Å². The quantitative estimate of drug-likeness (QED) is 0.476. The lowest BCUT2D eigenvalue weighted by atomic mass is 10.1. The molecule has 2 rings (SSSR count). The second-order valence-corrected chi connectivity index (χ2v) is 4.43. The fourth-order valence-electron chi connectivity index (χ4n) is 1.70. The lowest BCUT2D eigenvalue weighted by molar-refractivity contribution is -0.386. The van der Waals surface area contributed by atoms with Gasteiger partial charge in [-0.3, -0.25) is 10.1 Å². The molecule has 20 heavy (non-hydrogen) atoms. The summed E-state index contributed by atoms with van der Waals surface area (Å²) in [6.07, 6.45) is 3.14. The Bertz CT molecular complexity index is 617. The zero-order valence-corrected chi connectivity index (χ0v) is 11.5. The second kappa shape index (κ2) is 6.29. The number of aromatic nitrogens is 2. The number of halogens is 1. The highest BCUT2D eigenvalue weighted by Crippen LogP contribution is 2.33. The molecule has 104 valence electrons. The Morgan fingerprint density at radius 3 is 2.60 bits per heavy atom. The Hall–Kier alpha value is -2.21. The molecule has 0 aliphatic rings. The van der Waals surface area contributed by atoms with Gasteiger partial charge < -0.3 is 4.74 Å². The minimum absolute atomic E-state index is 0.168. The SMILES string of the molecule is CCCc1ccc(Oc2ncnc(Cl)c2[N+](=O)[O-])cc1. The van der Waals surface area contributed by atoms with Crippen molar-refractivity contribution in [3.05, 3.63) is 51.4 Å². The zero-order valence-electron chi connectivity index (χ0n) is 10.7. The van der Waals surface area contributed by atoms with Crippen LogP contribution in [0.15, 0.2) is 30.6 Å². The Balaban J connectivity index is 2.26. The lowest BCUT2D eigenvalue weighted by Crippen LogP contribution is -1.98. The largest absolute Gasteiger partial charge is 0.434 e. The van der Waals surface area contributed by atoms with E-state index in [1.807, 2.05) is 12.1 Å². The molecule has 1 aromatic heterocycles. The van der Waals surface area contributed by atoms with Gasteiger partial charge >= 0.3 is 11.6 Å². The van der Waals surface area contributed by atoms with E-state index in [2.05, 4.69) is 16.9 Å². The van der Waals surface area contributed by atoms with Gasteiger partial charge in [0.05, 0.1) is 4.92 Å². The topological polar surface area (TPSA) is 78.2 Å². The molecule has 7 heteroatoms. The molecule has 0 spiro atoms. The molecular formula is C13H12ClN3O3. The summed E-state index contributed by atoms with van der Waals surface area (Å²) in [5.41, 5.74) is 0.738. The van der Waals surface area contributed by atoms with Crippen molar-refractivity contribution in [2.24, 2.45) is 0 Å². The molecule has 0 N–H and O–H groups in total. The molecule has 0 bridgehead atoms. The van der Waals surface area contributed by atoms with Crippen LogP contribution in [-0.4, -0.2) is 14.9 Å². The number of hydrogen-bond acceptors (Lipinski definition) is 5. The van der Waals surface area contributed by atoms with Crippen molar-refractivity contribution in [1.29, 1.82) is 0 Å². The summed E-state index contributed by atoms with van der Waals surface area (Å²) in [5.74, 6) is 0.293. The van der Waals surface area contributed by atoms with Crippen LogP contribution >= 0.6 is 11.6 Å². The minimum Gasteiger partial charge on any atom is -0.434 e. The first-order chi connectivity index (χ1) is 9.61. The van der Waals surface area contributed by atoms with Gasteiger partial charge in [0.1, 0.15) is 12.1 Å². The first kappa shape index (κ1) is 14.2. The van der Waals surface area contributed by atoms with E-state index in [4.69, 9.17) is 16.3 Å². The molecule has 0 fully saturated rings. The standard InChI is InChI=1S/C13H12ClN3O3/c1-2-3-9-4-6-10(7-5-9)20-13-11(17(18)19)12(14)15-8-16-13/h4-8H,2-3H2,1H3. The van der Waals surface area contributed by atoms with Crippen molar-refractivity contribution in [3.63, 3.8) is 0 Å². The molecular weight excluding hydrogens is 282 g/mol. The monoisotopic (exact) mass is 293 g/mol.